The van der Waals surface area contributed by atoms with Crippen LogP contribution in [-0.4, -0.2) is 40.4 Å². The van der Waals surface area contributed by atoms with Gasteiger partial charge in [-0.05, 0) is 0 Å². The van der Waals surface area contributed by atoms with Crippen LogP contribution in [0.15, 0.2) is 0 Å². The van der Waals surface area contributed by atoms with E-state index in [4.69, 9.17) is 0 Å². The minimum Gasteiger partial charge on any atom is -1.00 e. The van der Waals surface area contributed by atoms with Gasteiger partial charge >= 0.3 is 23.1 Å². The summed E-state index contributed by atoms with van der Waals surface area (Å²) in [6.45, 7) is 0. The molecule has 0 heterocycles. The van der Waals surface area contributed by atoms with Crippen molar-refractivity contribution >= 4 is 40.4 Å². The summed E-state index contributed by atoms with van der Waals surface area (Å²) in [7, 11) is 0. The molecule has 0 radical (unpaired) electrons. The van der Waals surface area contributed by atoms with Gasteiger partial charge in [0, 0.05) is 79.1 Å². The topological polar surface area (TPSA) is 0 Å². The first-order valence-corrected chi connectivity index (χ1v) is 0. The van der Waals surface area contributed by atoms with Crippen LogP contribution >= 0.6 is 0 Å². The first-order chi connectivity index (χ1) is 0. The largest absolute Gasteiger partial charge is 2.00 e. The van der Waals surface area contributed by atoms with E-state index in [9.17, 15) is 0 Å². The van der Waals surface area contributed by atoms with Gasteiger partial charge in [0.1, 0.15) is 0 Å². The third-order valence-electron chi connectivity index (χ3n) is 0. The zero-order valence-electron chi connectivity index (χ0n) is 3.50. The molecule has 0 aromatic heterocycles. The maximum Gasteiger partial charge on any atom is 2.00 e. The van der Waals surface area contributed by atoms with Gasteiger partial charge in [0.05, 0.1) is 0 Å². The van der Waals surface area contributed by atoms with Crippen molar-refractivity contribution < 1.29 is 81.9 Å². The third-order valence-corrected chi connectivity index (χ3v) is 0. The molecule has 0 saturated carbocycles. The summed E-state index contributed by atoms with van der Waals surface area (Å²) in [4.78, 5) is 0. The summed E-state index contributed by atoms with van der Waals surface area (Å²) in [5.74, 6) is 0. The predicted octanol–water partition coefficient (Wildman–Crippen LogP) is -1.34. The molecule has 0 aliphatic carbocycles. The average Bonchev–Trinajstić information content (AvgIpc) is 0. The van der Waals surface area contributed by atoms with Gasteiger partial charge in [0.15, 0.2) is 17.4 Å². The summed E-state index contributed by atoms with van der Waals surface area (Å²) < 4.78 is 0. The molecule has 4 heteroatoms. The Kier molecular flexibility index (Phi) is 97.4. The SMILES string of the molecule is [AlH3].[Ce].[Er].[H-].[H-].[Mg+2]. The molecule has 0 unspecified atom stereocenters. The molecule has 4 heavy (non-hydrogen) atoms. The molecule has 26 valence electrons. The molecule has 0 fully saturated rings. The molecule has 0 aliphatic rings. The van der Waals surface area contributed by atoms with E-state index in [1.54, 1.807) is 0 Å². The second-order valence-corrected chi connectivity index (χ2v) is 0. The van der Waals surface area contributed by atoms with Gasteiger partial charge < -0.3 is 2.85 Å². The maximum absolute atomic E-state index is 0. The van der Waals surface area contributed by atoms with Crippen molar-refractivity contribution in [2.75, 3.05) is 0 Å². The van der Waals surface area contributed by atoms with Gasteiger partial charge in [-0.15, -0.1) is 0 Å². The molecule has 0 spiro atoms. The Morgan fingerprint density at radius 2 is 1.25 bits per heavy atom. The predicted molar refractivity (Wildman–Crippen MR) is 17.9 cm³/mol. The Bertz CT molecular complexity index is 13.5. The fourth-order valence-corrected chi connectivity index (χ4v) is 0. The Morgan fingerprint density at radius 1 is 1.25 bits per heavy atom. The molecule has 0 N–H and O–H groups in total. The van der Waals surface area contributed by atoms with Crippen LogP contribution in [0.5, 0.6) is 0 Å². The fourth-order valence-electron chi connectivity index (χ4n) is 0. The second-order valence-electron chi connectivity index (χ2n) is 0. The molecule has 0 aliphatic heterocycles. The van der Waals surface area contributed by atoms with E-state index in [1.165, 1.54) is 0 Å². The van der Waals surface area contributed by atoms with Gasteiger partial charge in [-0.2, -0.15) is 0 Å². The monoisotopic (exact) mass is 362 g/mol. The molecule has 0 amide bonds. The van der Waals surface area contributed by atoms with Crippen LogP contribution in [0.2, 0.25) is 0 Å². The maximum atomic E-state index is 0. The Hall–Kier alpha value is 3.92. The Labute approximate surface area is 119 Å². The zero-order valence-corrected chi connectivity index (χ0v) is 7.90. The first kappa shape index (κ1) is 24.7. The van der Waals surface area contributed by atoms with Gasteiger partial charge in [-0.25, -0.2) is 0 Å². The molecular formula is H5AlCeErMg. The standard InChI is InChI=1S/Al.Ce.Er.Mg.5H/q;;;+2;;;;2*-1. The fraction of sp³-hybridized carbons (Fsp3) is 0. The summed E-state index contributed by atoms with van der Waals surface area (Å²) in [5, 5.41) is 0. The molecule has 0 aromatic rings. The Balaban J connectivity index is 0. The summed E-state index contributed by atoms with van der Waals surface area (Å²) in [6, 6.07) is 0. The van der Waals surface area contributed by atoms with Crippen LogP contribution < -0.4 is 0 Å². The molecule has 0 rings (SSSR count). The van der Waals surface area contributed by atoms with E-state index in [1.807, 2.05) is 0 Å². The average molecular weight is 364 g/mol. The number of hydrogen-bond acceptors (Lipinski definition) is 0. The number of rotatable bonds is 0. The molecule has 0 atom stereocenters. The molecule has 0 aromatic carbocycles. The van der Waals surface area contributed by atoms with Crippen LogP contribution in [0.4, 0.5) is 0 Å². The van der Waals surface area contributed by atoms with Crippen molar-refractivity contribution in [3.63, 3.8) is 0 Å². The van der Waals surface area contributed by atoms with Crippen molar-refractivity contribution in [3.8, 4) is 0 Å². The summed E-state index contributed by atoms with van der Waals surface area (Å²) in [5.41, 5.74) is 0. The van der Waals surface area contributed by atoms with Crippen LogP contribution in [-0.2, 0) is 0 Å². The molecule has 0 saturated heterocycles. The first-order valence-electron chi connectivity index (χ1n) is 0. The minimum absolute atomic E-state index is 0. The van der Waals surface area contributed by atoms with Gasteiger partial charge in [-0.1, -0.05) is 0 Å². The van der Waals surface area contributed by atoms with Crippen LogP contribution in [0.1, 0.15) is 2.85 Å². The number of hydrogen-bond donors (Lipinski definition) is 0. The van der Waals surface area contributed by atoms with E-state index in [0.717, 1.165) is 0 Å². The van der Waals surface area contributed by atoms with E-state index in [0.29, 0.717) is 0 Å². The van der Waals surface area contributed by atoms with Crippen LogP contribution in [0.3, 0.4) is 0 Å². The summed E-state index contributed by atoms with van der Waals surface area (Å²) in [6.07, 6.45) is 0. The zero-order chi connectivity index (χ0) is 0. The van der Waals surface area contributed by atoms with Crippen molar-refractivity contribution in [2.45, 2.75) is 0 Å². The second kappa shape index (κ2) is 15.8. The minimum atomic E-state index is 0. The van der Waals surface area contributed by atoms with Crippen molar-refractivity contribution in [1.82, 2.24) is 0 Å². The molecule has 0 nitrogen and oxygen atoms in total. The normalized spacial score (nSPS) is 0. The quantitative estimate of drug-likeness (QED) is 0.468. The van der Waals surface area contributed by atoms with Crippen LogP contribution in [0, 0.1) is 79.1 Å². The van der Waals surface area contributed by atoms with E-state index in [-0.39, 0.29) is 122 Å². The Morgan fingerprint density at radius 3 is 1.25 bits per heavy atom. The van der Waals surface area contributed by atoms with Crippen molar-refractivity contribution in [2.24, 2.45) is 0 Å². The van der Waals surface area contributed by atoms with Gasteiger partial charge in [-0.3, -0.25) is 0 Å². The van der Waals surface area contributed by atoms with Crippen molar-refractivity contribution in [3.05, 3.63) is 0 Å². The molecular weight excluding hydrogens is 359 g/mol. The summed E-state index contributed by atoms with van der Waals surface area (Å²) >= 11 is 0. The van der Waals surface area contributed by atoms with Gasteiger partial charge in [0.2, 0.25) is 0 Å². The van der Waals surface area contributed by atoms with E-state index in [2.05, 4.69) is 0 Å². The van der Waals surface area contributed by atoms with E-state index < -0.39 is 0 Å². The molecule has 0 bridgehead atoms. The smallest absolute Gasteiger partial charge is 1.00 e. The van der Waals surface area contributed by atoms with E-state index >= 15 is 0 Å². The van der Waals surface area contributed by atoms with Gasteiger partial charge in [0.25, 0.3) is 0 Å². The van der Waals surface area contributed by atoms with Crippen molar-refractivity contribution in [1.29, 1.82) is 0 Å². The van der Waals surface area contributed by atoms with Crippen LogP contribution in [0.25, 0.3) is 0 Å². The third kappa shape index (κ3) is 9.33.